The molecule has 1 aliphatic heterocycles. The molecule has 17 nitrogen and oxygen atoms in total. The highest BCUT2D eigenvalue weighted by Crippen LogP contribution is 2.64. The van der Waals surface area contributed by atoms with Gasteiger partial charge in [0.2, 0.25) is 0 Å². The van der Waals surface area contributed by atoms with Gasteiger partial charge in [-0.25, -0.2) is 13.7 Å². The zero-order chi connectivity index (χ0) is 24.5. The molecular weight excluding hydrogens is 507 g/mol. The van der Waals surface area contributed by atoms with Gasteiger partial charge >= 0.3 is 23.5 Å². The third-order valence-electron chi connectivity index (χ3n) is 3.76. The molecule has 0 saturated carbocycles. The monoisotopic (exact) mass is 525 g/mol. The highest BCUT2D eigenvalue weighted by Gasteiger charge is 2.43. The van der Waals surface area contributed by atoms with Crippen LogP contribution in [0.5, 0.6) is 0 Å². The molecule has 1 fully saturated rings. The maximum Gasteiger partial charge on any atom is 0.490 e. The predicted molar refractivity (Wildman–Crippen MR) is 99.6 cm³/mol. The fourth-order valence-electron chi connectivity index (χ4n) is 2.58. The first-order chi connectivity index (χ1) is 14.5. The predicted octanol–water partition coefficient (Wildman–Crippen LogP) is -1.49. The third-order valence-corrected chi connectivity index (χ3v) is 7.11. The number of rotatable bonds is 6. The molecule has 3 heterocycles. The lowest BCUT2D eigenvalue weighted by Crippen LogP contribution is -2.35. The van der Waals surface area contributed by atoms with Gasteiger partial charge in [-0.05, 0) is 12.1 Å². The van der Waals surface area contributed by atoms with E-state index >= 15 is 0 Å². The van der Waals surface area contributed by atoms with Gasteiger partial charge in [0.05, 0.1) is 18.3 Å². The molecular formula is C12H18NO16P3. The highest BCUT2D eigenvalue weighted by molar-refractivity contribution is 7.66. The molecule has 2 aromatic heterocycles. The molecule has 0 aromatic carbocycles. The summed E-state index contributed by atoms with van der Waals surface area (Å²) in [7, 11) is -16.2. The zero-order valence-electron chi connectivity index (χ0n) is 15.5. The van der Waals surface area contributed by atoms with Crippen LogP contribution in [0.2, 0.25) is 0 Å². The SMILES string of the molecule is O=P(O)(O)OP(=O)(O)OP(=O)(O)O.O=c1c2ccoc2ccn1[C@@H]1O[C@H](CO)[C@@H](O)[C@H]1O. The Hall–Kier alpha value is -1.26. The summed E-state index contributed by atoms with van der Waals surface area (Å²) in [6, 6.07) is 3.10. The minimum Gasteiger partial charge on any atom is -0.464 e. The van der Waals surface area contributed by atoms with Crippen LogP contribution in [0.4, 0.5) is 0 Å². The molecule has 1 aliphatic rings. The molecule has 0 radical (unpaired) electrons. The van der Waals surface area contributed by atoms with E-state index in [0.717, 1.165) is 0 Å². The van der Waals surface area contributed by atoms with Crippen LogP contribution in [0.15, 0.2) is 33.8 Å². The van der Waals surface area contributed by atoms with Crippen molar-refractivity contribution in [1.82, 2.24) is 4.57 Å². The van der Waals surface area contributed by atoms with Crippen LogP contribution < -0.4 is 5.56 Å². The van der Waals surface area contributed by atoms with Crippen molar-refractivity contribution in [2.75, 3.05) is 6.61 Å². The van der Waals surface area contributed by atoms with Gasteiger partial charge in [0.1, 0.15) is 23.9 Å². The van der Waals surface area contributed by atoms with Crippen LogP contribution in [0.1, 0.15) is 6.23 Å². The van der Waals surface area contributed by atoms with Crippen molar-refractivity contribution in [2.24, 2.45) is 0 Å². The molecule has 1 saturated heterocycles. The number of pyridine rings is 1. The van der Waals surface area contributed by atoms with Crippen molar-refractivity contribution in [1.29, 1.82) is 0 Å². The summed E-state index contributed by atoms with van der Waals surface area (Å²) in [6.07, 6.45) is -1.63. The molecule has 182 valence electrons. The number of nitrogens with zero attached hydrogens (tertiary/aromatic N) is 1. The number of hydrogen-bond acceptors (Lipinski definition) is 11. The zero-order valence-corrected chi connectivity index (χ0v) is 18.1. The van der Waals surface area contributed by atoms with Crippen molar-refractivity contribution in [3.8, 4) is 0 Å². The maximum absolute atomic E-state index is 12.2. The molecule has 32 heavy (non-hydrogen) atoms. The van der Waals surface area contributed by atoms with E-state index < -0.39 is 54.6 Å². The van der Waals surface area contributed by atoms with Gasteiger partial charge in [0.25, 0.3) is 5.56 Å². The van der Waals surface area contributed by atoms with E-state index in [0.29, 0.717) is 11.0 Å². The summed E-state index contributed by atoms with van der Waals surface area (Å²) in [5.41, 5.74) is 0.0501. The van der Waals surface area contributed by atoms with Crippen LogP contribution in [0.3, 0.4) is 0 Å². The van der Waals surface area contributed by atoms with Gasteiger partial charge in [-0.1, -0.05) is 0 Å². The molecule has 4 atom stereocenters. The second-order valence-corrected chi connectivity index (χ2v) is 10.3. The Morgan fingerprint density at radius 3 is 2.00 bits per heavy atom. The number of ether oxygens (including phenoxy) is 1. The molecule has 0 bridgehead atoms. The molecule has 3 rings (SSSR count). The number of aliphatic hydroxyl groups is 3. The number of hydrogen-bond donors (Lipinski definition) is 8. The lowest BCUT2D eigenvalue weighted by Gasteiger charge is -2.17. The molecule has 20 heteroatoms. The average Bonchev–Trinajstić information content (AvgIpc) is 3.18. The molecule has 0 amide bonds. The minimum atomic E-state index is -5.46. The number of fused-ring (bicyclic) bond motifs is 1. The van der Waals surface area contributed by atoms with E-state index in [1.807, 2.05) is 0 Å². The average molecular weight is 525 g/mol. The first-order valence-electron chi connectivity index (χ1n) is 8.12. The summed E-state index contributed by atoms with van der Waals surface area (Å²) in [5.74, 6) is 0. The van der Waals surface area contributed by atoms with E-state index in [-0.39, 0.29) is 5.56 Å². The lowest BCUT2D eigenvalue weighted by molar-refractivity contribution is -0.0541. The van der Waals surface area contributed by atoms with E-state index in [1.54, 1.807) is 6.07 Å². The number of aromatic nitrogens is 1. The van der Waals surface area contributed by atoms with Gasteiger partial charge in [0.15, 0.2) is 6.23 Å². The van der Waals surface area contributed by atoms with Crippen molar-refractivity contribution in [3.05, 3.63) is 34.9 Å². The van der Waals surface area contributed by atoms with Gasteiger partial charge in [-0.2, -0.15) is 8.62 Å². The Labute approximate surface area is 177 Å². The summed E-state index contributed by atoms with van der Waals surface area (Å²) in [6.45, 7) is -0.433. The standard InChI is InChI=1S/C12H13NO6.H5O10P3/c14-5-8-9(15)10(16)12(19-8)13-3-1-7-6(11(13)17)2-4-18-7;1-11(2,3)9-13(7,8)10-12(4,5)6/h1-4,8-10,12,14-16H,5H2;(H,7,8)(H2,1,2,3)(H2,4,5,6)/t8-,9-,10-,12-;/m1./s1. The normalized spacial score (nSPS) is 24.4. The topological polar surface area (TPSA) is 276 Å². The Kier molecular flexibility index (Phi) is 8.37. The van der Waals surface area contributed by atoms with Crippen LogP contribution >= 0.6 is 23.5 Å². The largest absolute Gasteiger partial charge is 0.490 e. The minimum absolute atomic E-state index is 0.361. The fourth-order valence-corrected chi connectivity index (χ4v) is 5.11. The van der Waals surface area contributed by atoms with Crippen molar-refractivity contribution < 1.29 is 71.3 Å². The van der Waals surface area contributed by atoms with Crippen LogP contribution in [0.25, 0.3) is 11.0 Å². The van der Waals surface area contributed by atoms with Crippen molar-refractivity contribution >= 4 is 34.4 Å². The van der Waals surface area contributed by atoms with Crippen LogP contribution in [-0.2, 0) is 27.1 Å². The van der Waals surface area contributed by atoms with Gasteiger partial charge in [0, 0.05) is 6.20 Å². The quantitative estimate of drug-likeness (QED) is 0.199. The molecule has 0 unspecified atom stereocenters. The number of phosphoric acid groups is 3. The molecule has 8 N–H and O–H groups in total. The Morgan fingerprint density at radius 1 is 0.969 bits per heavy atom. The van der Waals surface area contributed by atoms with Gasteiger partial charge in [-0.15, -0.1) is 0 Å². The summed E-state index contributed by atoms with van der Waals surface area (Å²) < 4.78 is 48.0. The van der Waals surface area contributed by atoms with Crippen molar-refractivity contribution in [3.63, 3.8) is 0 Å². The smallest absolute Gasteiger partial charge is 0.464 e. The molecule has 2 aromatic rings. The van der Waals surface area contributed by atoms with Gasteiger partial charge in [-0.3, -0.25) is 9.36 Å². The maximum atomic E-state index is 12.2. The first kappa shape index (κ1) is 27.0. The van der Waals surface area contributed by atoms with Crippen LogP contribution in [-0.4, -0.2) is 69.3 Å². The number of aliphatic hydroxyl groups excluding tert-OH is 3. The Bertz CT molecular complexity index is 1100. The molecule has 0 spiro atoms. The van der Waals surface area contributed by atoms with Crippen LogP contribution in [0, 0.1) is 0 Å². The second-order valence-electron chi connectivity index (χ2n) is 6.07. The van der Waals surface area contributed by atoms with E-state index in [4.69, 9.17) is 38.7 Å². The number of furan rings is 1. The lowest BCUT2D eigenvalue weighted by atomic mass is 10.1. The van der Waals surface area contributed by atoms with E-state index in [2.05, 4.69) is 8.62 Å². The first-order valence-corrected chi connectivity index (χ1v) is 12.7. The van der Waals surface area contributed by atoms with Crippen molar-refractivity contribution in [2.45, 2.75) is 24.5 Å². The van der Waals surface area contributed by atoms with E-state index in [9.17, 15) is 28.7 Å². The summed E-state index contributed by atoms with van der Waals surface area (Å²) in [4.78, 5) is 52.4. The highest BCUT2D eigenvalue weighted by atomic mass is 31.3. The summed E-state index contributed by atoms with van der Waals surface area (Å²) >= 11 is 0. The van der Waals surface area contributed by atoms with E-state index in [1.165, 1.54) is 23.1 Å². The third kappa shape index (κ3) is 7.12. The molecule has 0 aliphatic carbocycles. The Morgan fingerprint density at radius 2 is 1.53 bits per heavy atom. The van der Waals surface area contributed by atoms with Gasteiger partial charge < -0.3 is 48.9 Å². The second kappa shape index (κ2) is 9.93. The fraction of sp³-hybridized carbons (Fsp3) is 0.417. The Balaban J connectivity index is 0.000000247. The summed E-state index contributed by atoms with van der Waals surface area (Å²) in [5, 5.41) is 29.0.